The maximum Gasteiger partial charge on any atom is 0.279 e. The van der Waals surface area contributed by atoms with E-state index in [0.29, 0.717) is 18.0 Å². The molecule has 0 atom stereocenters. The maximum absolute atomic E-state index is 12.8. The number of anilines is 1. The molecule has 5 heteroatoms. The van der Waals surface area contributed by atoms with Crippen LogP contribution in [0.3, 0.4) is 0 Å². The van der Waals surface area contributed by atoms with E-state index in [1.165, 1.54) is 0 Å². The van der Waals surface area contributed by atoms with Crippen molar-refractivity contribution in [1.29, 1.82) is 0 Å². The van der Waals surface area contributed by atoms with Crippen LogP contribution in [0.4, 0.5) is 5.69 Å². The van der Waals surface area contributed by atoms with Crippen molar-refractivity contribution in [2.75, 3.05) is 18.6 Å². The van der Waals surface area contributed by atoms with E-state index in [-0.39, 0.29) is 5.91 Å². The van der Waals surface area contributed by atoms with E-state index < -0.39 is 0 Å². The first-order valence-corrected chi connectivity index (χ1v) is 8.93. The Morgan fingerprint density at radius 1 is 1.07 bits per heavy atom. The molecular weight excluding hydrogens is 350 g/mol. The standard InChI is InChI=1S/C23H19N3O2/c1-3-14-26-20-11-7-6-10-18(20)22(23(26)27)25-24-15-19-17-9-5-4-8-16(17)12-13-21(19)28-2/h3-13,15H,1,14H2,2H3/b24-15-,25-22+. The molecule has 0 radical (unpaired) electrons. The van der Waals surface area contributed by atoms with Crippen LogP contribution >= 0.6 is 0 Å². The van der Waals surface area contributed by atoms with E-state index in [9.17, 15) is 4.79 Å². The molecule has 0 unspecified atom stereocenters. The first kappa shape index (κ1) is 17.7. The molecule has 0 spiro atoms. The number of methoxy groups -OCH3 is 1. The van der Waals surface area contributed by atoms with Gasteiger partial charge in [-0.15, -0.1) is 11.7 Å². The Morgan fingerprint density at radius 2 is 1.86 bits per heavy atom. The second kappa shape index (κ2) is 7.48. The minimum absolute atomic E-state index is 0.178. The summed E-state index contributed by atoms with van der Waals surface area (Å²) in [5.41, 5.74) is 2.75. The highest BCUT2D eigenvalue weighted by Gasteiger charge is 2.32. The van der Waals surface area contributed by atoms with Crippen molar-refractivity contribution in [3.05, 3.63) is 84.4 Å². The van der Waals surface area contributed by atoms with E-state index in [0.717, 1.165) is 27.6 Å². The van der Waals surface area contributed by atoms with E-state index >= 15 is 0 Å². The lowest BCUT2D eigenvalue weighted by Crippen LogP contribution is -2.30. The SMILES string of the molecule is C=CCN1C(=O)/C(=N/N=C\c2c(OC)ccc3ccccc23)c2ccccc21. The zero-order chi connectivity index (χ0) is 19.5. The fraction of sp³-hybridized carbons (Fsp3) is 0.0870. The topological polar surface area (TPSA) is 54.3 Å². The van der Waals surface area contributed by atoms with Gasteiger partial charge in [0.05, 0.1) is 19.0 Å². The molecule has 0 bridgehead atoms. The summed E-state index contributed by atoms with van der Waals surface area (Å²) in [6.07, 6.45) is 3.34. The van der Waals surface area contributed by atoms with Gasteiger partial charge in [0, 0.05) is 17.7 Å². The summed E-state index contributed by atoms with van der Waals surface area (Å²) in [6.45, 7) is 4.16. The van der Waals surface area contributed by atoms with E-state index in [1.807, 2.05) is 60.7 Å². The first-order chi connectivity index (χ1) is 13.7. The van der Waals surface area contributed by atoms with Crippen molar-refractivity contribution in [3.63, 3.8) is 0 Å². The van der Waals surface area contributed by atoms with Gasteiger partial charge < -0.3 is 9.64 Å². The van der Waals surface area contributed by atoms with Gasteiger partial charge >= 0.3 is 0 Å². The van der Waals surface area contributed by atoms with Crippen LogP contribution < -0.4 is 9.64 Å². The fourth-order valence-corrected chi connectivity index (χ4v) is 3.40. The lowest BCUT2D eigenvalue weighted by atomic mass is 10.0. The molecule has 0 saturated heterocycles. The highest BCUT2D eigenvalue weighted by atomic mass is 16.5. The number of carbonyl (C=O) groups excluding carboxylic acids is 1. The molecule has 4 rings (SSSR count). The van der Waals surface area contributed by atoms with Gasteiger partial charge in [-0.25, -0.2) is 0 Å². The minimum Gasteiger partial charge on any atom is -0.496 e. The Hall–Kier alpha value is -3.73. The molecule has 0 N–H and O–H groups in total. The van der Waals surface area contributed by atoms with Gasteiger partial charge in [-0.05, 0) is 22.9 Å². The largest absolute Gasteiger partial charge is 0.496 e. The molecular formula is C23H19N3O2. The van der Waals surface area contributed by atoms with Gasteiger partial charge in [0.25, 0.3) is 5.91 Å². The normalized spacial score (nSPS) is 14.8. The smallest absolute Gasteiger partial charge is 0.279 e. The third-order valence-corrected chi connectivity index (χ3v) is 4.70. The second-order valence-corrected chi connectivity index (χ2v) is 6.32. The van der Waals surface area contributed by atoms with Gasteiger partial charge in [-0.1, -0.05) is 54.6 Å². The van der Waals surface area contributed by atoms with Crippen LogP contribution in [0.1, 0.15) is 11.1 Å². The second-order valence-electron chi connectivity index (χ2n) is 6.32. The average molecular weight is 369 g/mol. The minimum atomic E-state index is -0.178. The first-order valence-electron chi connectivity index (χ1n) is 8.93. The summed E-state index contributed by atoms with van der Waals surface area (Å²) in [4.78, 5) is 14.4. The van der Waals surface area contributed by atoms with Crippen LogP contribution in [0, 0.1) is 0 Å². The predicted molar refractivity (Wildman–Crippen MR) is 114 cm³/mol. The number of ether oxygens (including phenoxy) is 1. The molecule has 0 saturated carbocycles. The molecule has 1 aliphatic heterocycles. The van der Waals surface area contributed by atoms with Gasteiger partial charge in [0.15, 0.2) is 5.71 Å². The monoisotopic (exact) mass is 369 g/mol. The zero-order valence-electron chi connectivity index (χ0n) is 15.5. The van der Waals surface area contributed by atoms with Gasteiger partial charge in [-0.3, -0.25) is 4.79 Å². The number of rotatable bonds is 5. The zero-order valence-corrected chi connectivity index (χ0v) is 15.5. The van der Waals surface area contributed by atoms with Crippen LogP contribution in [0.25, 0.3) is 10.8 Å². The van der Waals surface area contributed by atoms with Gasteiger partial charge in [0.2, 0.25) is 0 Å². The molecule has 3 aromatic carbocycles. The predicted octanol–water partition coefficient (Wildman–Crippen LogP) is 4.20. The highest BCUT2D eigenvalue weighted by Crippen LogP contribution is 2.29. The lowest BCUT2D eigenvalue weighted by molar-refractivity contribution is -0.112. The molecule has 3 aromatic rings. The molecule has 0 aromatic heterocycles. The van der Waals surface area contributed by atoms with Crippen LogP contribution in [0.5, 0.6) is 5.75 Å². The van der Waals surface area contributed by atoms with Gasteiger partial charge in [-0.2, -0.15) is 5.10 Å². The van der Waals surface area contributed by atoms with Crippen molar-refractivity contribution in [3.8, 4) is 5.75 Å². The summed E-state index contributed by atoms with van der Waals surface area (Å²) in [5.74, 6) is 0.525. The number of carbonyl (C=O) groups is 1. The molecule has 0 fully saturated rings. The number of para-hydroxylation sites is 1. The summed E-state index contributed by atoms with van der Waals surface area (Å²) in [5, 5.41) is 10.6. The number of nitrogens with zero attached hydrogens (tertiary/aromatic N) is 3. The number of benzene rings is 3. The summed E-state index contributed by atoms with van der Waals surface area (Å²) < 4.78 is 5.48. The number of fused-ring (bicyclic) bond motifs is 2. The van der Waals surface area contributed by atoms with Crippen molar-refractivity contribution < 1.29 is 9.53 Å². The van der Waals surface area contributed by atoms with Crippen LogP contribution in [-0.2, 0) is 4.79 Å². The Balaban J connectivity index is 1.76. The molecule has 1 aliphatic rings. The van der Waals surface area contributed by atoms with Crippen molar-refractivity contribution >= 4 is 34.3 Å². The van der Waals surface area contributed by atoms with E-state index in [4.69, 9.17) is 4.74 Å². The molecule has 5 nitrogen and oxygen atoms in total. The summed E-state index contributed by atoms with van der Waals surface area (Å²) in [6, 6.07) is 19.5. The van der Waals surface area contributed by atoms with Crippen molar-refractivity contribution in [1.82, 2.24) is 0 Å². The lowest BCUT2D eigenvalue weighted by Gasteiger charge is -2.13. The van der Waals surface area contributed by atoms with Crippen molar-refractivity contribution in [2.45, 2.75) is 0 Å². The van der Waals surface area contributed by atoms with E-state index in [2.05, 4.69) is 16.8 Å². The number of hydrogen-bond acceptors (Lipinski definition) is 4. The molecule has 1 amide bonds. The summed E-state index contributed by atoms with van der Waals surface area (Å²) in [7, 11) is 1.62. The van der Waals surface area contributed by atoms with Crippen LogP contribution in [-0.4, -0.2) is 31.5 Å². The summed E-state index contributed by atoms with van der Waals surface area (Å²) >= 11 is 0. The highest BCUT2D eigenvalue weighted by molar-refractivity contribution is 6.54. The molecule has 0 aliphatic carbocycles. The third-order valence-electron chi connectivity index (χ3n) is 4.70. The Labute approximate surface area is 163 Å². The average Bonchev–Trinajstić information content (AvgIpc) is 3.00. The molecule has 1 heterocycles. The van der Waals surface area contributed by atoms with Crippen LogP contribution in [0.15, 0.2) is 83.5 Å². The third kappa shape index (κ3) is 2.97. The number of amides is 1. The Morgan fingerprint density at radius 3 is 2.68 bits per heavy atom. The number of hydrogen-bond donors (Lipinski definition) is 0. The van der Waals surface area contributed by atoms with Crippen molar-refractivity contribution in [2.24, 2.45) is 10.2 Å². The fourth-order valence-electron chi connectivity index (χ4n) is 3.40. The van der Waals surface area contributed by atoms with Gasteiger partial charge in [0.1, 0.15) is 5.75 Å². The maximum atomic E-state index is 12.8. The quantitative estimate of drug-likeness (QED) is 0.384. The molecule has 28 heavy (non-hydrogen) atoms. The Kier molecular flexibility index (Phi) is 4.72. The molecule has 138 valence electrons. The van der Waals surface area contributed by atoms with E-state index in [1.54, 1.807) is 24.3 Å². The van der Waals surface area contributed by atoms with Crippen LogP contribution in [0.2, 0.25) is 0 Å². The Bertz CT molecular complexity index is 1130.